The lowest BCUT2D eigenvalue weighted by atomic mass is 10.0. The molecule has 0 fully saturated rings. The minimum atomic E-state index is -0.875. The fourth-order valence-electron chi connectivity index (χ4n) is 5.32. The Morgan fingerprint density at radius 2 is 1.00 bits per heavy atom. The lowest BCUT2D eigenvalue weighted by Gasteiger charge is -2.19. The van der Waals surface area contributed by atoms with Crippen LogP contribution in [0.15, 0.2) is 60.8 Å². The molecule has 0 saturated heterocycles. The Balaban J connectivity index is 3.70. The van der Waals surface area contributed by atoms with E-state index >= 15 is 0 Å². The fraction of sp³-hybridized carbons (Fsp3) is 0.732. The zero-order chi connectivity index (χ0) is 32.9. The average molecular weight is 628 g/mol. The van der Waals surface area contributed by atoms with Crippen LogP contribution in [-0.4, -0.2) is 34.9 Å². The molecule has 0 rings (SSSR count). The van der Waals surface area contributed by atoms with Crippen LogP contribution in [0.5, 0.6) is 0 Å². The monoisotopic (exact) mass is 628 g/mol. The molecular weight excluding hydrogens is 554 g/mol. The van der Waals surface area contributed by atoms with Gasteiger partial charge in [0.15, 0.2) is 0 Å². The van der Waals surface area contributed by atoms with E-state index in [0.29, 0.717) is 6.42 Å². The van der Waals surface area contributed by atoms with Crippen molar-refractivity contribution >= 4 is 5.91 Å². The highest BCUT2D eigenvalue weighted by molar-refractivity contribution is 5.76. The van der Waals surface area contributed by atoms with Crippen molar-refractivity contribution in [3.05, 3.63) is 60.8 Å². The van der Waals surface area contributed by atoms with Crippen molar-refractivity contribution in [3.63, 3.8) is 0 Å². The molecular formula is C41H73NO3. The fourth-order valence-corrected chi connectivity index (χ4v) is 5.32. The minimum Gasteiger partial charge on any atom is -0.394 e. The number of carbonyl (C=O) groups is 1. The van der Waals surface area contributed by atoms with E-state index in [9.17, 15) is 15.0 Å². The lowest BCUT2D eigenvalue weighted by molar-refractivity contribution is -0.123. The summed E-state index contributed by atoms with van der Waals surface area (Å²) in [6.07, 6.45) is 50.3. The van der Waals surface area contributed by atoms with E-state index < -0.39 is 12.1 Å². The number of carbonyl (C=O) groups excluding carboxylic acids is 1. The molecule has 0 aromatic rings. The van der Waals surface area contributed by atoms with Crippen molar-refractivity contribution in [3.8, 4) is 0 Å². The molecule has 0 aromatic heterocycles. The number of aliphatic hydroxyl groups excluding tert-OH is 2. The second kappa shape index (κ2) is 36.6. The second-order valence-electron chi connectivity index (χ2n) is 12.6. The van der Waals surface area contributed by atoms with Crippen molar-refractivity contribution < 1.29 is 15.0 Å². The zero-order valence-electron chi connectivity index (χ0n) is 29.6. The second-order valence-corrected chi connectivity index (χ2v) is 12.6. The summed E-state index contributed by atoms with van der Waals surface area (Å²) in [5.41, 5.74) is 0. The Morgan fingerprint density at radius 1 is 0.556 bits per heavy atom. The number of amides is 1. The lowest BCUT2D eigenvalue weighted by Crippen LogP contribution is -2.45. The first-order valence-corrected chi connectivity index (χ1v) is 19.0. The van der Waals surface area contributed by atoms with E-state index in [0.717, 1.165) is 64.2 Å². The molecule has 0 heterocycles. The maximum absolute atomic E-state index is 12.3. The van der Waals surface area contributed by atoms with Crippen LogP contribution in [0.1, 0.15) is 174 Å². The molecule has 0 saturated carbocycles. The van der Waals surface area contributed by atoms with Crippen molar-refractivity contribution in [1.82, 2.24) is 5.32 Å². The highest BCUT2D eigenvalue weighted by Crippen LogP contribution is 2.13. The Labute approximate surface area is 279 Å². The van der Waals surface area contributed by atoms with Crippen LogP contribution in [0.4, 0.5) is 0 Å². The van der Waals surface area contributed by atoms with Crippen molar-refractivity contribution in [2.45, 2.75) is 187 Å². The third kappa shape index (κ3) is 33.3. The quantitative estimate of drug-likeness (QED) is 0.0501. The zero-order valence-corrected chi connectivity index (χ0v) is 29.6. The predicted octanol–water partition coefficient (Wildman–Crippen LogP) is 11.4. The summed E-state index contributed by atoms with van der Waals surface area (Å²) < 4.78 is 0. The van der Waals surface area contributed by atoms with Crippen LogP contribution in [0.25, 0.3) is 0 Å². The number of allylic oxidation sites excluding steroid dienone is 9. The van der Waals surface area contributed by atoms with Gasteiger partial charge in [-0.15, -0.1) is 0 Å². The highest BCUT2D eigenvalue weighted by Gasteiger charge is 2.17. The van der Waals surface area contributed by atoms with Gasteiger partial charge in [0, 0.05) is 6.42 Å². The SMILES string of the molecule is CC/C=C\C/C=C\C/C=C\CCCCCC(=O)NC(CO)C(O)/C=C/CC/C=C/CCCCCCCCCCCCCCCC. The van der Waals surface area contributed by atoms with Crippen molar-refractivity contribution in [2.75, 3.05) is 6.61 Å². The van der Waals surface area contributed by atoms with Crippen LogP contribution >= 0.6 is 0 Å². The average Bonchev–Trinajstić information content (AvgIpc) is 3.04. The molecule has 3 N–H and O–H groups in total. The standard InChI is InChI=1S/C41H73NO3/c1-3-5-7-9-11-13-15-17-18-19-20-21-22-23-25-26-28-30-32-34-36-40(44)39(38-43)42-41(45)37-35-33-31-29-27-24-16-14-12-10-8-6-4-2/h6,8,12,14,24,26-28,34,36,39-40,43-44H,3-5,7,9-11,13,15-23,25,29-33,35,37-38H2,1-2H3,(H,42,45)/b8-6-,14-12-,27-24-,28-26+,36-34+. The first kappa shape index (κ1) is 43.1. The topological polar surface area (TPSA) is 69.6 Å². The molecule has 0 aliphatic heterocycles. The Morgan fingerprint density at radius 3 is 1.56 bits per heavy atom. The van der Waals surface area contributed by atoms with Crippen LogP contribution in [0.3, 0.4) is 0 Å². The first-order chi connectivity index (χ1) is 22.2. The molecule has 4 heteroatoms. The number of unbranched alkanes of at least 4 members (excludes halogenated alkanes) is 18. The number of hydrogen-bond acceptors (Lipinski definition) is 3. The summed E-state index contributed by atoms with van der Waals surface area (Å²) in [6, 6.07) is -0.655. The third-order valence-corrected chi connectivity index (χ3v) is 8.23. The van der Waals surface area contributed by atoms with E-state index in [1.165, 1.54) is 89.9 Å². The van der Waals surface area contributed by atoms with E-state index in [2.05, 4.69) is 67.8 Å². The summed E-state index contributed by atoms with van der Waals surface area (Å²) in [4.78, 5) is 12.3. The largest absolute Gasteiger partial charge is 0.394 e. The van der Waals surface area contributed by atoms with Gasteiger partial charge in [0.25, 0.3) is 0 Å². The molecule has 0 aliphatic carbocycles. The predicted molar refractivity (Wildman–Crippen MR) is 197 cm³/mol. The van der Waals surface area contributed by atoms with E-state index in [1.807, 2.05) is 6.08 Å². The molecule has 260 valence electrons. The molecule has 2 atom stereocenters. The third-order valence-electron chi connectivity index (χ3n) is 8.23. The molecule has 1 amide bonds. The first-order valence-electron chi connectivity index (χ1n) is 19.0. The summed E-state index contributed by atoms with van der Waals surface area (Å²) in [5.74, 6) is -0.106. The Bertz CT molecular complexity index is 767. The Kier molecular flexibility index (Phi) is 35.0. The van der Waals surface area contributed by atoms with Gasteiger partial charge in [-0.05, 0) is 64.2 Å². The molecule has 0 aliphatic rings. The molecule has 4 nitrogen and oxygen atoms in total. The number of nitrogens with one attached hydrogen (secondary N) is 1. The highest BCUT2D eigenvalue weighted by atomic mass is 16.3. The number of aliphatic hydroxyl groups is 2. The van der Waals surface area contributed by atoms with Gasteiger partial charge >= 0.3 is 0 Å². The van der Waals surface area contributed by atoms with Gasteiger partial charge in [-0.25, -0.2) is 0 Å². The van der Waals surface area contributed by atoms with Gasteiger partial charge < -0.3 is 15.5 Å². The van der Waals surface area contributed by atoms with Gasteiger partial charge in [-0.2, -0.15) is 0 Å². The molecule has 0 bridgehead atoms. The van der Waals surface area contributed by atoms with Gasteiger partial charge in [0.05, 0.1) is 18.8 Å². The van der Waals surface area contributed by atoms with Crippen LogP contribution in [0.2, 0.25) is 0 Å². The van der Waals surface area contributed by atoms with Gasteiger partial charge in [-0.1, -0.05) is 164 Å². The molecule has 0 radical (unpaired) electrons. The maximum Gasteiger partial charge on any atom is 0.220 e. The molecule has 0 spiro atoms. The van der Waals surface area contributed by atoms with Gasteiger partial charge in [0.2, 0.25) is 5.91 Å². The van der Waals surface area contributed by atoms with Crippen LogP contribution in [-0.2, 0) is 4.79 Å². The van der Waals surface area contributed by atoms with Crippen LogP contribution < -0.4 is 5.32 Å². The smallest absolute Gasteiger partial charge is 0.220 e. The minimum absolute atomic E-state index is 0.106. The van der Waals surface area contributed by atoms with Gasteiger partial charge in [-0.3, -0.25) is 4.79 Å². The molecule has 45 heavy (non-hydrogen) atoms. The maximum atomic E-state index is 12.3. The van der Waals surface area contributed by atoms with Crippen LogP contribution in [0, 0.1) is 0 Å². The van der Waals surface area contributed by atoms with E-state index in [-0.39, 0.29) is 12.5 Å². The molecule has 2 unspecified atom stereocenters. The summed E-state index contributed by atoms with van der Waals surface area (Å²) >= 11 is 0. The molecule has 0 aromatic carbocycles. The number of hydrogen-bond donors (Lipinski definition) is 3. The van der Waals surface area contributed by atoms with E-state index in [1.54, 1.807) is 6.08 Å². The van der Waals surface area contributed by atoms with Crippen molar-refractivity contribution in [1.29, 1.82) is 0 Å². The van der Waals surface area contributed by atoms with E-state index in [4.69, 9.17) is 0 Å². The summed E-state index contributed by atoms with van der Waals surface area (Å²) in [5, 5.41) is 22.8. The summed E-state index contributed by atoms with van der Waals surface area (Å²) in [7, 11) is 0. The van der Waals surface area contributed by atoms with Gasteiger partial charge in [0.1, 0.15) is 0 Å². The normalized spacial score (nSPS) is 13.8. The number of rotatable bonds is 33. The Hall–Kier alpha value is -1.91. The summed E-state index contributed by atoms with van der Waals surface area (Å²) in [6.45, 7) is 4.15. The van der Waals surface area contributed by atoms with Crippen molar-refractivity contribution in [2.24, 2.45) is 0 Å².